The summed E-state index contributed by atoms with van der Waals surface area (Å²) in [5.41, 5.74) is 2.45. The summed E-state index contributed by atoms with van der Waals surface area (Å²) < 4.78 is 13.4. The van der Waals surface area contributed by atoms with Crippen molar-refractivity contribution in [2.75, 3.05) is 12.8 Å². The molecule has 2 aromatic carbocycles. The summed E-state index contributed by atoms with van der Waals surface area (Å²) in [4.78, 5) is 12.0. The van der Waals surface area contributed by atoms with Crippen LogP contribution in [0.1, 0.15) is 21.5 Å². The quantitative estimate of drug-likeness (QED) is 0.882. The van der Waals surface area contributed by atoms with Crippen molar-refractivity contribution in [3.63, 3.8) is 0 Å². The van der Waals surface area contributed by atoms with Crippen LogP contribution in [0.4, 0.5) is 4.39 Å². The van der Waals surface area contributed by atoms with Gasteiger partial charge in [-0.2, -0.15) is 11.8 Å². The third-order valence-electron chi connectivity index (χ3n) is 3.16. The molecular weight excluding hydrogens is 285 g/mol. The van der Waals surface area contributed by atoms with Crippen molar-refractivity contribution in [1.82, 2.24) is 5.32 Å². The van der Waals surface area contributed by atoms with E-state index in [0.717, 1.165) is 5.75 Å². The number of carbonyl (C=O) groups is 1. The predicted octanol–water partition coefficient (Wildman–Crippen LogP) is 3.66. The summed E-state index contributed by atoms with van der Waals surface area (Å²) in [5.74, 6) is 0.588. The maximum atomic E-state index is 13.4. The van der Waals surface area contributed by atoms with Gasteiger partial charge in [-0.3, -0.25) is 4.79 Å². The monoisotopic (exact) mass is 303 g/mol. The van der Waals surface area contributed by atoms with Crippen molar-refractivity contribution in [1.29, 1.82) is 0 Å². The van der Waals surface area contributed by atoms with Crippen LogP contribution in [-0.2, 0) is 12.2 Å². The highest BCUT2D eigenvalue weighted by Gasteiger charge is 2.06. The Morgan fingerprint density at radius 1 is 1.14 bits per heavy atom. The van der Waals surface area contributed by atoms with Gasteiger partial charge in [0.15, 0.2) is 0 Å². The largest absolute Gasteiger partial charge is 0.352 e. The van der Waals surface area contributed by atoms with Crippen LogP contribution in [0.3, 0.4) is 0 Å². The van der Waals surface area contributed by atoms with Gasteiger partial charge in [-0.25, -0.2) is 4.39 Å². The maximum Gasteiger partial charge on any atom is 0.251 e. The van der Waals surface area contributed by atoms with E-state index in [4.69, 9.17) is 0 Å². The van der Waals surface area contributed by atoms with E-state index in [1.807, 2.05) is 30.5 Å². The molecule has 0 atom stereocenters. The third kappa shape index (κ3) is 4.60. The van der Waals surface area contributed by atoms with Gasteiger partial charge in [0.05, 0.1) is 0 Å². The van der Waals surface area contributed by atoms with Crippen LogP contribution in [0.25, 0.3) is 0 Å². The summed E-state index contributed by atoms with van der Waals surface area (Å²) in [6.07, 6.45) is 2.53. The molecule has 2 aromatic rings. The second-order valence-electron chi connectivity index (χ2n) is 4.73. The molecule has 0 radical (unpaired) electrons. The fourth-order valence-corrected chi connectivity index (χ4v) is 2.56. The molecule has 1 amide bonds. The number of thioether (sulfide) groups is 1. The second kappa shape index (κ2) is 7.84. The molecule has 0 bridgehead atoms. The molecule has 21 heavy (non-hydrogen) atoms. The Morgan fingerprint density at radius 2 is 1.86 bits per heavy atom. The molecule has 0 saturated carbocycles. The van der Waals surface area contributed by atoms with E-state index in [2.05, 4.69) is 5.32 Å². The van der Waals surface area contributed by atoms with Gasteiger partial charge in [-0.15, -0.1) is 0 Å². The minimum atomic E-state index is -0.229. The Kier molecular flexibility index (Phi) is 5.81. The predicted molar refractivity (Wildman–Crippen MR) is 86.1 cm³/mol. The number of benzene rings is 2. The van der Waals surface area contributed by atoms with Crippen LogP contribution in [-0.4, -0.2) is 18.7 Å². The van der Waals surface area contributed by atoms with Crippen LogP contribution in [0.5, 0.6) is 0 Å². The molecule has 0 aliphatic rings. The standard InChI is InChI=1S/C17H18FNOS/c1-21-12-13-6-8-15(9-7-13)17(20)19-11-10-14-4-2-3-5-16(14)18/h2-9H,10-12H2,1H3,(H,19,20). The number of carbonyl (C=O) groups excluding carboxylic acids is 1. The molecule has 2 rings (SSSR count). The van der Waals surface area contributed by atoms with Gasteiger partial charge < -0.3 is 5.32 Å². The minimum Gasteiger partial charge on any atom is -0.352 e. The van der Waals surface area contributed by atoms with Gasteiger partial charge in [0.25, 0.3) is 5.91 Å². The Morgan fingerprint density at radius 3 is 2.52 bits per heavy atom. The highest BCUT2D eigenvalue weighted by atomic mass is 32.2. The highest BCUT2D eigenvalue weighted by molar-refractivity contribution is 7.97. The summed E-state index contributed by atoms with van der Waals surface area (Å²) in [5, 5.41) is 2.82. The zero-order chi connectivity index (χ0) is 15.1. The first-order valence-corrected chi connectivity index (χ1v) is 8.19. The maximum absolute atomic E-state index is 13.4. The van der Waals surface area contributed by atoms with E-state index in [-0.39, 0.29) is 11.7 Å². The van der Waals surface area contributed by atoms with Gasteiger partial charge in [0.1, 0.15) is 5.82 Å². The lowest BCUT2D eigenvalue weighted by atomic mass is 10.1. The zero-order valence-corrected chi connectivity index (χ0v) is 12.8. The number of nitrogens with one attached hydrogen (secondary N) is 1. The van der Waals surface area contributed by atoms with Gasteiger partial charge >= 0.3 is 0 Å². The summed E-state index contributed by atoms with van der Waals surface area (Å²) >= 11 is 1.75. The second-order valence-corrected chi connectivity index (χ2v) is 5.59. The van der Waals surface area contributed by atoms with E-state index in [1.165, 1.54) is 11.6 Å². The van der Waals surface area contributed by atoms with E-state index < -0.39 is 0 Å². The van der Waals surface area contributed by atoms with Crippen molar-refractivity contribution in [2.45, 2.75) is 12.2 Å². The molecule has 4 heteroatoms. The average Bonchev–Trinajstić information content (AvgIpc) is 2.50. The number of hydrogen-bond acceptors (Lipinski definition) is 2. The van der Waals surface area contributed by atoms with Crippen molar-refractivity contribution in [2.24, 2.45) is 0 Å². The smallest absolute Gasteiger partial charge is 0.251 e. The minimum absolute atomic E-state index is 0.123. The zero-order valence-electron chi connectivity index (χ0n) is 11.9. The summed E-state index contributed by atoms with van der Waals surface area (Å²) in [6, 6.07) is 14.2. The number of rotatable bonds is 6. The van der Waals surface area contributed by atoms with Crippen LogP contribution < -0.4 is 5.32 Å². The molecule has 0 fully saturated rings. The lowest BCUT2D eigenvalue weighted by Gasteiger charge is -2.07. The normalized spacial score (nSPS) is 10.4. The van der Waals surface area contributed by atoms with Crippen molar-refractivity contribution in [3.05, 3.63) is 71.0 Å². The number of hydrogen-bond donors (Lipinski definition) is 1. The molecule has 0 spiro atoms. The van der Waals surface area contributed by atoms with Crippen LogP contribution in [0.15, 0.2) is 48.5 Å². The first-order chi connectivity index (χ1) is 10.2. The van der Waals surface area contributed by atoms with Gasteiger partial charge in [-0.05, 0) is 42.0 Å². The molecule has 0 aliphatic heterocycles. The Labute approximate surface area is 128 Å². The van der Waals surface area contributed by atoms with E-state index in [9.17, 15) is 9.18 Å². The molecular formula is C17H18FNOS. The van der Waals surface area contributed by atoms with E-state index in [1.54, 1.807) is 30.0 Å². The Balaban J connectivity index is 1.85. The van der Waals surface area contributed by atoms with E-state index >= 15 is 0 Å². The van der Waals surface area contributed by atoms with Crippen molar-refractivity contribution >= 4 is 17.7 Å². The average molecular weight is 303 g/mol. The Hall–Kier alpha value is -1.81. The Bertz CT molecular complexity index is 598. The molecule has 0 aliphatic carbocycles. The third-order valence-corrected chi connectivity index (χ3v) is 3.79. The molecule has 110 valence electrons. The fraction of sp³-hybridized carbons (Fsp3) is 0.235. The van der Waals surface area contributed by atoms with Crippen LogP contribution >= 0.6 is 11.8 Å². The van der Waals surface area contributed by atoms with Gasteiger partial charge in [-0.1, -0.05) is 30.3 Å². The van der Waals surface area contributed by atoms with Crippen LogP contribution in [0, 0.1) is 5.82 Å². The van der Waals surface area contributed by atoms with Crippen molar-refractivity contribution in [3.8, 4) is 0 Å². The fourth-order valence-electron chi connectivity index (χ4n) is 2.03. The SMILES string of the molecule is CSCc1ccc(C(=O)NCCc2ccccc2F)cc1. The van der Waals surface area contributed by atoms with Gasteiger partial charge in [0, 0.05) is 17.9 Å². The molecule has 0 aromatic heterocycles. The number of amides is 1. The molecule has 2 nitrogen and oxygen atoms in total. The van der Waals surface area contributed by atoms with Crippen molar-refractivity contribution < 1.29 is 9.18 Å². The van der Waals surface area contributed by atoms with E-state index in [0.29, 0.717) is 24.1 Å². The van der Waals surface area contributed by atoms with Gasteiger partial charge in [0.2, 0.25) is 0 Å². The number of halogens is 1. The summed E-state index contributed by atoms with van der Waals surface area (Å²) in [6.45, 7) is 0.423. The first kappa shape index (κ1) is 15.6. The topological polar surface area (TPSA) is 29.1 Å². The lowest BCUT2D eigenvalue weighted by Crippen LogP contribution is -2.25. The molecule has 0 saturated heterocycles. The molecule has 0 unspecified atom stereocenters. The summed E-state index contributed by atoms with van der Waals surface area (Å²) in [7, 11) is 0. The molecule has 1 N–H and O–H groups in total. The first-order valence-electron chi connectivity index (χ1n) is 6.80. The lowest BCUT2D eigenvalue weighted by molar-refractivity contribution is 0.0954. The molecule has 0 heterocycles. The van der Waals surface area contributed by atoms with Crippen LogP contribution in [0.2, 0.25) is 0 Å². The highest BCUT2D eigenvalue weighted by Crippen LogP contribution is 2.11.